The Hall–Kier alpha value is -1.49. The molecule has 0 radical (unpaired) electrons. The number of hydrogen-bond donors (Lipinski definition) is 0. The Kier molecular flexibility index (Phi) is 3.85. The predicted octanol–water partition coefficient (Wildman–Crippen LogP) is 1.05. The molecule has 19 heavy (non-hydrogen) atoms. The molecule has 1 aromatic carbocycles. The molecule has 1 aliphatic heterocycles. The van der Waals surface area contributed by atoms with Crippen molar-refractivity contribution < 1.29 is 17.5 Å². The van der Waals surface area contributed by atoms with Crippen LogP contribution in [-0.4, -0.2) is 38.5 Å². The minimum absolute atomic E-state index is 0.0318. The zero-order valence-corrected chi connectivity index (χ0v) is 11.2. The summed E-state index contributed by atoms with van der Waals surface area (Å²) >= 11 is 0. The lowest BCUT2D eigenvalue weighted by atomic mass is 10.2. The van der Waals surface area contributed by atoms with Crippen molar-refractivity contribution in [3.63, 3.8) is 0 Å². The van der Waals surface area contributed by atoms with Crippen molar-refractivity contribution in [2.75, 3.05) is 19.8 Å². The highest BCUT2D eigenvalue weighted by molar-refractivity contribution is 7.89. The third-order valence-electron chi connectivity index (χ3n) is 2.97. The fraction of sp³-hybridized carbons (Fsp3) is 0.417. The van der Waals surface area contributed by atoms with Crippen molar-refractivity contribution in [1.82, 2.24) is 4.31 Å². The molecular formula is C12H13FN2O3S. The normalized spacial score (nSPS) is 21.0. The van der Waals surface area contributed by atoms with Crippen LogP contribution in [0.15, 0.2) is 23.1 Å². The Morgan fingerprint density at radius 3 is 2.95 bits per heavy atom. The summed E-state index contributed by atoms with van der Waals surface area (Å²) in [5.74, 6) is -0.619. The third-order valence-corrected chi connectivity index (χ3v) is 5.02. The number of benzene rings is 1. The van der Waals surface area contributed by atoms with Gasteiger partial charge in [0.25, 0.3) is 0 Å². The van der Waals surface area contributed by atoms with Gasteiger partial charge in [-0.3, -0.25) is 0 Å². The summed E-state index contributed by atoms with van der Waals surface area (Å²) in [5, 5.41) is 8.99. The number of ether oxygens (including phenoxy) is 1. The van der Waals surface area contributed by atoms with Crippen molar-refractivity contribution in [1.29, 1.82) is 5.26 Å². The first-order valence-electron chi connectivity index (χ1n) is 5.72. The molecule has 1 unspecified atom stereocenters. The van der Waals surface area contributed by atoms with Crippen molar-refractivity contribution in [3.8, 4) is 6.07 Å². The molecule has 0 aliphatic carbocycles. The summed E-state index contributed by atoms with van der Waals surface area (Å²) < 4.78 is 44.4. The van der Waals surface area contributed by atoms with Crippen LogP contribution >= 0.6 is 0 Å². The van der Waals surface area contributed by atoms with Gasteiger partial charge < -0.3 is 4.74 Å². The van der Waals surface area contributed by atoms with E-state index in [1.165, 1.54) is 12.1 Å². The van der Waals surface area contributed by atoms with E-state index in [-0.39, 0.29) is 24.7 Å². The van der Waals surface area contributed by atoms with Crippen LogP contribution < -0.4 is 0 Å². The highest BCUT2D eigenvalue weighted by atomic mass is 32.2. The van der Waals surface area contributed by atoms with Crippen LogP contribution in [0.3, 0.4) is 0 Å². The maximum Gasteiger partial charge on any atom is 0.244 e. The summed E-state index contributed by atoms with van der Waals surface area (Å²) in [4.78, 5) is -0.102. The van der Waals surface area contributed by atoms with Gasteiger partial charge in [-0.1, -0.05) is 6.07 Å². The number of sulfonamides is 1. The topological polar surface area (TPSA) is 70.4 Å². The summed E-state index contributed by atoms with van der Waals surface area (Å²) in [5.41, 5.74) is 0.449. The van der Waals surface area contributed by atoms with E-state index >= 15 is 0 Å². The molecule has 0 aromatic heterocycles. The second-order valence-corrected chi connectivity index (χ2v) is 6.10. The highest BCUT2D eigenvalue weighted by Gasteiger charge is 2.35. The molecule has 0 N–H and O–H groups in total. The Balaban J connectivity index is 2.47. The maximum absolute atomic E-state index is 13.3. The molecule has 0 amide bonds. The molecule has 102 valence electrons. The Bertz CT molecular complexity index is 624. The van der Waals surface area contributed by atoms with Crippen LogP contribution in [-0.2, 0) is 14.8 Å². The first-order valence-corrected chi connectivity index (χ1v) is 7.16. The number of aryl methyl sites for hydroxylation is 1. The molecule has 0 saturated carbocycles. The number of hydrogen-bond acceptors (Lipinski definition) is 4. The van der Waals surface area contributed by atoms with E-state index < -0.39 is 21.9 Å². The molecule has 1 heterocycles. The van der Waals surface area contributed by atoms with Gasteiger partial charge in [0, 0.05) is 6.54 Å². The molecule has 1 aromatic rings. The average molecular weight is 284 g/mol. The van der Waals surface area contributed by atoms with Gasteiger partial charge in [-0.2, -0.15) is 9.57 Å². The summed E-state index contributed by atoms with van der Waals surface area (Å²) in [6, 6.07) is 4.61. The zero-order valence-electron chi connectivity index (χ0n) is 10.3. The van der Waals surface area contributed by atoms with Crippen LogP contribution in [0.2, 0.25) is 0 Å². The second-order valence-electron chi connectivity index (χ2n) is 4.25. The monoisotopic (exact) mass is 284 g/mol. The first kappa shape index (κ1) is 13.9. The van der Waals surface area contributed by atoms with E-state index in [4.69, 9.17) is 10.00 Å². The van der Waals surface area contributed by atoms with Crippen LogP contribution in [0.4, 0.5) is 4.39 Å². The van der Waals surface area contributed by atoms with E-state index in [0.29, 0.717) is 5.56 Å². The van der Waals surface area contributed by atoms with Gasteiger partial charge >= 0.3 is 0 Å². The largest absolute Gasteiger partial charge is 0.377 e. The molecule has 1 aliphatic rings. The Morgan fingerprint density at radius 1 is 1.53 bits per heavy atom. The minimum atomic E-state index is -3.89. The number of morpholine rings is 1. The summed E-state index contributed by atoms with van der Waals surface area (Å²) in [6.07, 6.45) is 0. The molecule has 0 spiro atoms. The molecule has 7 heteroatoms. The van der Waals surface area contributed by atoms with Crippen LogP contribution in [0.1, 0.15) is 5.56 Å². The lowest BCUT2D eigenvalue weighted by Gasteiger charge is -2.30. The van der Waals surface area contributed by atoms with Crippen molar-refractivity contribution >= 4 is 10.0 Å². The first-order chi connectivity index (χ1) is 8.96. The highest BCUT2D eigenvalue weighted by Crippen LogP contribution is 2.24. The lowest BCUT2D eigenvalue weighted by molar-refractivity contribution is 0.0511. The Morgan fingerprint density at radius 2 is 2.26 bits per heavy atom. The minimum Gasteiger partial charge on any atom is -0.377 e. The van der Waals surface area contributed by atoms with Crippen LogP contribution in [0, 0.1) is 24.1 Å². The average Bonchev–Trinajstić information content (AvgIpc) is 2.41. The zero-order chi connectivity index (χ0) is 14.0. The number of nitrogens with zero attached hydrogens (tertiary/aromatic N) is 2. The van der Waals surface area contributed by atoms with E-state index in [0.717, 1.165) is 10.4 Å². The standard InChI is InChI=1S/C12H13FN2O3S/c1-9-2-3-10(13)6-12(9)19(16,17)15-4-5-18-8-11(15)7-14/h2-3,6,11H,4-5,8H2,1H3. The van der Waals surface area contributed by atoms with Gasteiger partial charge in [0.1, 0.15) is 11.9 Å². The van der Waals surface area contributed by atoms with Gasteiger partial charge in [-0.15, -0.1) is 0 Å². The third kappa shape index (κ3) is 2.61. The summed E-state index contributed by atoms with van der Waals surface area (Å²) in [6.45, 7) is 1.94. The van der Waals surface area contributed by atoms with Crippen molar-refractivity contribution in [3.05, 3.63) is 29.6 Å². The van der Waals surface area contributed by atoms with Crippen molar-refractivity contribution in [2.24, 2.45) is 0 Å². The van der Waals surface area contributed by atoms with Gasteiger partial charge in [0.15, 0.2) is 0 Å². The van der Waals surface area contributed by atoms with Gasteiger partial charge in [-0.25, -0.2) is 12.8 Å². The quantitative estimate of drug-likeness (QED) is 0.814. The van der Waals surface area contributed by atoms with E-state index in [2.05, 4.69) is 0 Å². The summed E-state index contributed by atoms with van der Waals surface area (Å²) in [7, 11) is -3.89. The molecular weight excluding hydrogens is 271 g/mol. The van der Waals surface area contributed by atoms with E-state index in [1.807, 2.05) is 6.07 Å². The maximum atomic E-state index is 13.3. The number of rotatable bonds is 2. The van der Waals surface area contributed by atoms with Crippen LogP contribution in [0.5, 0.6) is 0 Å². The van der Waals surface area contributed by atoms with Crippen molar-refractivity contribution in [2.45, 2.75) is 17.9 Å². The molecule has 1 fully saturated rings. The SMILES string of the molecule is Cc1ccc(F)cc1S(=O)(=O)N1CCOCC1C#N. The molecule has 5 nitrogen and oxygen atoms in total. The fourth-order valence-corrected chi connectivity index (χ4v) is 3.70. The number of halogens is 1. The predicted molar refractivity (Wildman–Crippen MR) is 65.2 cm³/mol. The van der Waals surface area contributed by atoms with E-state index in [9.17, 15) is 12.8 Å². The van der Waals surface area contributed by atoms with Gasteiger partial charge in [0.2, 0.25) is 10.0 Å². The van der Waals surface area contributed by atoms with E-state index in [1.54, 1.807) is 6.92 Å². The van der Waals surface area contributed by atoms with Crippen LogP contribution in [0.25, 0.3) is 0 Å². The molecule has 0 bridgehead atoms. The Labute approximate surface area is 111 Å². The fourth-order valence-electron chi connectivity index (χ4n) is 1.96. The van der Waals surface area contributed by atoms with Gasteiger partial charge in [0.05, 0.1) is 24.2 Å². The van der Waals surface area contributed by atoms with Gasteiger partial charge in [-0.05, 0) is 24.6 Å². The molecule has 1 saturated heterocycles. The molecule has 1 atom stereocenters. The lowest BCUT2D eigenvalue weighted by Crippen LogP contribution is -2.47. The number of nitriles is 1. The second kappa shape index (κ2) is 5.25. The molecule has 2 rings (SSSR count). The smallest absolute Gasteiger partial charge is 0.244 e.